The molecule has 0 fully saturated rings. The van der Waals surface area contributed by atoms with Crippen LogP contribution in [0.25, 0.3) is 0 Å². The highest BCUT2D eigenvalue weighted by Gasteiger charge is 2.38. The molecule has 25 heavy (non-hydrogen) atoms. The Hall–Kier alpha value is -2.69. The first-order valence-electron chi connectivity index (χ1n) is 8.34. The molecule has 0 saturated carbocycles. The highest BCUT2D eigenvalue weighted by atomic mass is 16.2. The van der Waals surface area contributed by atoms with Gasteiger partial charge in [-0.05, 0) is 56.5 Å². The number of aryl methyl sites for hydroxylation is 1. The number of hydrogen-bond acceptors (Lipinski definition) is 3. The molecule has 2 amide bonds. The molecule has 0 atom stereocenters. The van der Waals surface area contributed by atoms with E-state index in [0.29, 0.717) is 6.54 Å². The van der Waals surface area contributed by atoms with Gasteiger partial charge in [0.1, 0.15) is 5.41 Å². The molecule has 5 heteroatoms. The molecule has 1 heterocycles. The number of hydrogen-bond donors (Lipinski definition) is 1. The molecule has 0 aliphatic rings. The molecular formula is C20H25N3O2. The number of anilines is 1. The van der Waals surface area contributed by atoms with Gasteiger partial charge in [-0.3, -0.25) is 14.6 Å². The van der Waals surface area contributed by atoms with Crippen molar-refractivity contribution in [1.29, 1.82) is 0 Å². The third-order valence-electron chi connectivity index (χ3n) is 4.33. The van der Waals surface area contributed by atoms with E-state index in [-0.39, 0.29) is 11.8 Å². The van der Waals surface area contributed by atoms with Gasteiger partial charge < -0.3 is 10.2 Å². The van der Waals surface area contributed by atoms with Crippen LogP contribution in [0.1, 0.15) is 25.0 Å². The monoisotopic (exact) mass is 339 g/mol. The fourth-order valence-electron chi connectivity index (χ4n) is 2.51. The van der Waals surface area contributed by atoms with Gasteiger partial charge in [-0.1, -0.05) is 18.2 Å². The van der Waals surface area contributed by atoms with Crippen molar-refractivity contribution < 1.29 is 9.59 Å². The summed E-state index contributed by atoms with van der Waals surface area (Å²) < 4.78 is 0. The van der Waals surface area contributed by atoms with Crippen molar-refractivity contribution in [3.8, 4) is 0 Å². The maximum atomic E-state index is 12.8. The zero-order valence-electron chi connectivity index (χ0n) is 15.2. The first-order valence-corrected chi connectivity index (χ1v) is 8.34. The Morgan fingerprint density at radius 3 is 2.40 bits per heavy atom. The molecule has 2 aromatic rings. The van der Waals surface area contributed by atoms with Crippen LogP contribution in [-0.2, 0) is 16.0 Å². The lowest BCUT2D eigenvalue weighted by atomic mass is 9.90. The molecule has 1 aromatic carbocycles. The van der Waals surface area contributed by atoms with E-state index in [2.05, 4.69) is 10.3 Å². The van der Waals surface area contributed by atoms with Crippen LogP contribution in [0.5, 0.6) is 0 Å². The van der Waals surface area contributed by atoms with Crippen molar-refractivity contribution in [2.45, 2.75) is 27.2 Å². The number of carbonyl (C=O) groups excluding carboxylic acids is 2. The number of para-hydroxylation sites is 1. The third kappa shape index (κ3) is 4.66. The summed E-state index contributed by atoms with van der Waals surface area (Å²) in [7, 11) is 1.73. The molecule has 0 bridgehead atoms. The minimum atomic E-state index is -1.14. The van der Waals surface area contributed by atoms with Gasteiger partial charge in [0.15, 0.2) is 0 Å². The quantitative estimate of drug-likeness (QED) is 0.823. The molecule has 0 aliphatic heterocycles. The summed E-state index contributed by atoms with van der Waals surface area (Å²) in [6.45, 7) is 5.78. The number of nitrogens with one attached hydrogen (secondary N) is 1. The van der Waals surface area contributed by atoms with E-state index in [1.807, 2.05) is 43.3 Å². The number of benzene rings is 1. The molecule has 2 rings (SSSR count). The number of rotatable bonds is 6. The zero-order chi connectivity index (χ0) is 18.4. The van der Waals surface area contributed by atoms with Crippen LogP contribution in [-0.4, -0.2) is 35.3 Å². The van der Waals surface area contributed by atoms with Crippen LogP contribution in [0, 0.1) is 12.3 Å². The minimum Gasteiger partial charge on any atom is -0.345 e. The van der Waals surface area contributed by atoms with E-state index >= 15 is 0 Å². The maximum Gasteiger partial charge on any atom is 0.239 e. The standard InChI is InChI=1S/C20H25N3O2/c1-15-7-5-6-8-17(15)22-18(24)20(2,3)19(25)23(4)14-11-16-9-12-21-13-10-16/h5-10,12-13H,11,14H2,1-4H3,(H,22,24). The van der Waals surface area contributed by atoms with Crippen LogP contribution in [0.4, 0.5) is 5.69 Å². The predicted molar refractivity (Wildman–Crippen MR) is 99.2 cm³/mol. The first-order chi connectivity index (χ1) is 11.8. The van der Waals surface area contributed by atoms with Crippen LogP contribution >= 0.6 is 0 Å². The topological polar surface area (TPSA) is 62.3 Å². The van der Waals surface area contributed by atoms with Crippen molar-refractivity contribution >= 4 is 17.5 Å². The van der Waals surface area contributed by atoms with Gasteiger partial charge in [0.2, 0.25) is 11.8 Å². The third-order valence-corrected chi connectivity index (χ3v) is 4.33. The van der Waals surface area contributed by atoms with E-state index in [9.17, 15) is 9.59 Å². The Labute approximate surface area is 149 Å². The Morgan fingerprint density at radius 1 is 1.12 bits per heavy atom. The number of aromatic nitrogens is 1. The summed E-state index contributed by atoms with van der Waals surface area (Å²) >= 11 is 0. The summed E-state index contributed by atoms with van der Waals surface area (Å²) in [6, 6.07) is 11.4. The smallest absolute Gasteiger partial charge is 0.239 e. The van der Waals surface area contributed by atoms with Crippen LogP contribution < -0.4 is 5.32 Å². The lowest BCUT2D eigenvalue weighted by Gasteiger charge is -2.28. The zero-order valence-corrected chi connectivity index (χ0v) is 15.2. The molecule has 0 unspecified atom stereocenters. The van der Waals surface area contributed by atoms with E-state index in [1.54, 1.807) is 38.2 Å². The average Bonchev–Trinajstić information content (AvgIpc) is 2.61. The lowest BCUT2D eigenvalue weighted by Crippen LogP contribution is -2.46. The van der Waals surface area contributed by atoms with Gasteiger partial charge in [-0.15, -0.1) is 0 Å². The Balaban J connectivity index is 2.00. The van der Waals surface area contributed by atoms with Crippen molar-refractivity contribution in [2.75, 3.05) is 18.9 Å². The second-order valence-electron chi connectivity index (χ2n) is 6.73. The first kappa shape index (κ1) is 18.6. The Morgan fingerprint density at radius 2 is 1.76 bits per heavy atom. The Bertz CT molecular complexity index is 742. The Kier molecular flexibility index (Phi) is 5.91. The summed E-state index contributed by atoms with van der Waals surface area (Å²) in [5.41, 5.74) is 1.66. The van der Waals surface area contributed by atoms with Crippen molar-refractivity contribution in [1.82, 2.24) is 9.88 Å². The van der Waals surface area contributed by atoms with E-state index < -0.39 is 5.41 Å². The van der Waals surface area contributed by atoms with E-state index in [1.165, 1.54) is 0 Å². The van der Waals surface area contributed by atoms with Crippen LogP contribution in [0.15, 0.2) is 48.8 Å². The largest absolute Gasteiger partial charge is 0.345 e. The van der Waals surface area contributed by atoms with Gasteiger partial charge in [-0.2, -0.15) is 0 Å². The van der Waals surface area contributed by atoms with E-state index in [0.717, 1.165) is 23.2 Å². The minimum absolute atomic E-state index is 0.201. The SMILES string of the molecule is Cc1ccccc1NC(=O)C(C)(C)C(=O)N(C)CCc1ccncc1. The fourth-order valence-corrected chi connectivity index (χ4v) is 2.51. The molecule has 132 valence electrons. The molecule has 1 aromatic heterocycles. The number of amides is 2. The summed E-state index contributed by atoms with van der Waals surface area (Å²) in [4.78, 5) is 31.0. The molecule has 1 N–H and O–H groups in total. The maximum absolute atomic E-state index is 12.8. The summed E-state index contributed by atoms with van der Waals surface area (Å²) in [5, 5.41) is 2.87. The number of likely N-dealkylation sites (N-methyl/N-ethyl adjacent to an activating group) is 1. The van der Waals surface area contributed by atoms with Gasteiger partial charge in [-0.25, -0.2) is 0 Å². The lowest BCUT2D eigenvalue weighted by molar-refractivity contribution is -0.145. The summed E-state index contributed by atoms with van der Waals surface area (Å²) in [6.07, 6.45) is 4.19. The second-order valence-corrected chi connectivity index (χ2v) is 6.73. The molecule has 0 aliphatic carbocycles. The van der Waals surface area contributed by atoms with Crippen LogP contribution in [0.2, 0.25) is 0 Å². The molecule has 5 nitrogen and oxygen atoms in total. The molecule has 0 spiro atoms. The molecule has 0 saturated heterocycles. The normalized spacial score (nSPS) is 11.0. The van der Waals surface area contributed by atoms with Crippen LogP contribution in [0.3, 0.4) is 0 Å². The van der Waals surface area contributed by atoms with Gasteiger partial charge >= 0.3 is 0 Å². The van der Waals surface area contributed by atoms with Crippen molar-refractivity contribution in [3.63, 3.8) is 0 Å². The van der Waals surface area contributed by atoms with E-state index in [4.69, 9.17) is 0 Å². The van der Waals surface area contributed by atoms with Crippen molar-refractivity contribution in [2.24, 2.45) is 5.41 Å². The van der Waals surface area contributed by atoms with Gasteiger partial charge in [0.05, 0.1) is 0 Å². The second kappa shape index (κ2) is 7.92. The molecular weight excluding hydrogens is 314 g/mol. The highest BCUT2D eigenvalue weighted by Crippen LogP contribution is 2.23. The highest BCUT2D eigenvalue weighted by molar-refractivity contribution is 6.10. The fraction of sp³-hybridized carbons (Fsp3) is 0.350. The van der Waals surface area contributed by atoms with Gasteiger partial charge in [0, 0.05) is 31.7 Å². The van der Waals surface area contributed by atoms with Crippen molar-refractivity contribution in [3.05, 3.63) is 59.9 Å². The predicted octanol–water partition coefficient (Wildman–Crippen LogP) is 3.06. The average molecular weight is 339 g/mol. The molecule has 0 radical (unpaired) electrons. The number of nitrogens with zero attached hydrogens (tertiary/aromatic N) is 2. The number of carbonyl (C=O) groups is 2. The number of pyridine rings is 1. The van der Waals surface area contributed by atoms with Gasteiger partial charge in [0.25, 0.3) is 0 Å². The summed E-state index contributed by atoms with van der Waals surface area (Å²) in [5.74, 6) is -0.504.